The van der Waals surface area contributed by atoms with Crippen molar-refractivity contribution in [1.82, 2.24) is 26.6 Å². The Morgan fingerprint density at radius 2 is 1.67 bits per heavy atom. The predicted octanol–water partition coefficient (Wildman–Crippen LogP) is 0.928. The van der Waals surface area contributed by atoms with E-state index in [1.54, 1.807) is 26.8 Å². The fraction of sp³-hybridized carbons (Fsp3) is 0.767. The molecule has 12 nitrogen and oxygen atoms in total. The number of hydrogen-bond donors (Lipinski definition) is 6. The lowest BCUT2D eigenvalue weighted by Crippen LogP contribution is -2.60. The van der Waals surface area contributed by atoms with Gasteiger partial charge in [-0.05, 0) is 65.2 Å². The zero-order chi connectivity index (χ0) is 32.0. The molecule has 0 saturated carbocycles. The molecule has 1 heterocycles. The van der Waals surface area contributed by atoms with Crippen molar-refractivity contribution < 1.29 is 33.8 Å². The van der Waals surface area contributed by atoms with Crippen molar-refractivity contribution in [3.8, 4) is 0 Å². The van der Waals surface area contributed by atoms with E-state index in [4.69, 9.17) is 4.74 Å². The van der Waals surface area contributed by atoms with Gasteiger partial charge in [-0.2, -0.15) is 0 Å². The van der Waals surface area contributed by atoms with Crippen LogP contribution in [0.4, 0.5) is 0 Å². The number of hydrogen-bond acceptors (Lipinski definition) is 8. The van der Waals surface area contributed by atoms with Crippen LogP contribution in [0.15, 0.2) is 12.2 Å². The van der Waals surface area contributed by atoms with Gasteiger partial charge in [-0.15, -0.1) is 0 Å². The molecule has 0 aromatic carbocycles. The minimum absolute atomic E-state index is 0.0256. The smallest absolute Gasteiger partial charge is 0.330 e. The normalized spacial score (nSPS) is 18.4. The van der Waals surface area contributed by atoms with E-state index in [0.717, 1.165) is 0 Å². The van der Waals surface area contributed by atoms with Gasteiger partial charge in [0.05, 0.1) is 13.2 Å². The van der Waals surface area contributed by atoms with Gasteiger partial charge in [0.2, 0.25) is 23.6 Å². The second-order valence-corrected chi connectivity index (χ2v) is 12.6. The third-order valence-electron chi connectivity index (χ3n) is 6.76. The molecule has 5 atom stereocenters. The van der Waals surface area contributed by atoms with Crippen LogP contribution in [-0.2, 0) is 28.7 Å². The molecule has 0 radical (unpaired) electrons. The zero-order valence-corrected chi connectivity index (χ0v) is 26.5. The summed E-state index contributed by atoms with van der Waals surface area (Å²) in [4.78, 5) is 63.8. The van der Waals surface area contributed by atoms with E-state index in [9.17, 15) is 29.1 Å². The van der Waals surface area contributed by atoms with E-state index in [2.05, 4.69) is 26.6 Å². The second kappa shape index (κ2) is 17.8. The van der Waals surface area contributed by atoms with E-state index < -0.39 is 60.0 Å². The molecular weight excluding hydrogens is 542 g/mol. The molecule has 1 fully saturated rings. The lowest BCUT2D eigenvalue weighted by atomic mass is 9.97. The first-order chi connectivity index (χ1) is 19.6. The number of carbonyl (C=O) groups is 5. The molecular formula is C30H53N5O7. The Morgan fingerprint density at radius 1 is 1.02 bits per heavy atom. The van der Waals surface area contributed by atoms with Gasteiger partial charge in [-0.25, -0.2) is 4.79 Å². The summed E-state index contributed by atoms with van der Waals surface area (Å²) in [6, 6.07) is -3.35. The summed E-state index contributed by atoms with van der Waals surface area (Å²) < 4.78 is 4.96. The first-order valence-corrected chi connectivity index (χ1v) is 15.0. The highest BCUT2D eigenvalue weighted by molar-refractivity contribution is 5.93. The van der Waals surface area contributed by atoms with E-state index in [1.165, 1.54) is 6.08 Å². The van der Waals surface area contributed by atoms with Crippen LogP contribution < -0.4 is 26.6 Å². The molecule has 0 aromatic rings. The van der Waals surface area contributed by atoms with Gasteiger partial charge < -0.3 is 31.1 Å². The summed E-state index contributed by atoms with van der Waals surface area (Å²) in [6.07, 6.45) is 4.77. The topological polar surface area (TPSA) is 175 Å². The number of aliphatic hydroxyl groups excluding tert-OH is 1. The minimum Gasteiger partial charge on any atom is -0.463 e. The van der Waals surface area contributed by atoms with Crippen molar-refractivity contribution in [2.24, 2.45) is 17.8 Å². The average Bonchev–Trinajstić information content (AvgIpc) is 3.30. The van der Waals surface area contributed by atoms with Crippen molar-refractivity contribution in [3.63, 3.8) is 0 Å². The van der Waals surface area contributed by atoms with Crippen LogP contribution in [0.2, 0.25) is 0 Å². The number of carbonyl (C=O) groups excluding carboxylic acids is 5. The summed E-state index contributed by atoms with van der Waals surface area (Å²) in [5.41, 5.74) is -0.444. The van der Waals surface area contributed by atoms with E-state index >= 15 is 0 Å². The quantitative estimate of drug-likeness (QED) is 0.106. The number of amides is 4. The standard InChI is InChI=1S/C30H53N5O7/c1-9-42-24(37)13-12-21(11-10-20-14-15-31-26(20)38)32-27(39)22(16-18(2)3)33-29(41)25(19(4)5)34-28(40)23(17-36)35-30(6,7)8/h12-13,18-23,25,35-36H,9-11,14-17H2,1-8H3,(H,31,38)(H,32,39)(H,33,41)(H,34,40)/b13-12+/t20?,21-,22-,23-,25-/m0/s1. The molecule has 0 spiro atoms. The Balaban J connectivity index is 3.06. The minimum atomic E-state index is -0.948. The van der Waals surface area contributed by atoms with Gasteiger partial charge in [0.15, 0.2) is 0 Å². The molecule has 12 heteroatoms. The Kier molecular flexibility index (Phi) is 15.7. The summed E-state index contributed by atoms with van der Waals surface area (Å²) in [6.45, 7) is 15.1. The number of ether oxygens (including phenoxy) is 1. The number of aliphatic hydroxyl groups is 1. The molecule has 42 heavy (non-hydrogen) atoms. The number of nitrogens with one attached hydrogen (secondary N) is 5. The van der Waals surface area contributed by atoms with Crippen LogP contribution in [0.5, 0.6) is 0 Å². The first-order valence-electron chi connectivity index (χ1n) is 15.0. The molecule has 6 N–H and O–H groups in total. The van der Waals surface area contributed by atoms with Gasteiger partial charge in [-0.1, -0.05) is 33.8 Å². The second-order valence-electron chi connectivity index (χ2n) is 12.6. The third kappa shape index (κ3) is 13.8. The van der Waals surface area contributed by atoms with Crippen LogP contribution in [0, 0.1) is 17.8 Å². The summed E-state index contributed by atoms with van der Waals surface area (Å²) in [5, 5.41) is 24.0. The molecule has 1 rings (SSSR count). The van der Waals surface area contributed by atoms with Gasteiger partial charge in [0.1, 0.15) is 18.1 Å². The Hall–Kier alpha value is -2.99. The lowest BCUT2D eigenvalue weighted by Gasteiger charge is -2.30. The summed E-state index contributed by atoms with van der Waals surface area (Å²) in [5.74, 6) is -2.47. The highest BCUT2D eigenvalue weighted by Crippen LogP contribution is 2.18. The fourth-order valence-electron chi connectivity index (χ4n) is 4.66. The van der Waals surface area contributed by atoms with Crippen LogP contribution in [-0.4, -0.2) is 84.2 Å². The largest absolute Gasteiger partial charge is 0.463 e. The highest BCUT2D eigenvalue weighted by atomic mass is 16.5. The number of esters is 1. The summed E-state index contributed by atoms with van der Waals surface area (Å²) >= 11 is 0. The van der Waals surface area contributed by atoms with Crippen LogP contribution in [0.25, 0.3) is 0 Å². The molecule has 1 aliphatic heterocycles. The fourth-order valence-corrected chi connectivity index (χ4v) is 4.66. The molecule has 0 aromatic heterocycles. The van der Waals surface area contributed by atoms with E-state index in [1.807, 2.05) is 34.6 Å². The van der Waals surface area contributed by atoms with Gasteiger partial charge in [0, 0.05) is 30.1 Å². The molecule has 4 amide bonds. The van der Waals surface area contributed by atoms with Crippen molar-refractivity contribution in [1.29, 1.82) is 0 Å². The molecule has 1 unspecified atom stereocenters. The molecule has 0 aliphatic carbocycles. The van der Waals surface area contributed by atoms with Gasteiger partial charge in [-0.3, -0.25) is 24.5 Å². The maximum absolute atomic E-state index is 13.5. The van der Waals surface area contributed by atoms with E-state index in [-0.39, 0.29) is 30.3 Å². The molecule has 1 saturated heterocycles. The third-order valence-corrected chi connectivity index (χ3v) is 6.76. The van der Waals surface area contributed by atoms with Crippen molar-refractivity contribution in [2.45, 2.75) is 111 Å². The Morgan fingerprint density at radius 3 is 2.17 bits per heavy atom. The van der Waals surface area contributed by atoms with Crippen LogP contribution in [0.3, 0.4) is 0 Å². The highest BCUT2D eigenvalue weighted by Gasteiger charge is 2.33. The SMILES string of the molecule is CCOC(=O)/C=C/[C@H](CCC1CCNC1=O)NC(=O)[C@H](CC(C)C)NC(=O)[C@@H](NC(=O)[C@H](CO)NC(C)(C)C)C(C)C. The van der Waals surface area contributed by atoms with E-state index in [0.29, 0.717) is 32.2 Å². The van der Waals surface area contributed by atoms with Gasteiger partial charge >= 0.3 is 5.97 Å². The van der Waals surface area contributed by atoms with Gasteiger partial charge in [0.25, 0.3) is 0 Å². The monoisotopic (exact) mass is 595 g/mol. The Labute approximate surface area is 250 Å². The lowest BCUT2D eigenvalue weighted by molar-refractivity contribution is -0.137. The van der Waals surface area contributed by atoms with Crippen molar-refractivity contribution >= 4 is 29.6 Å². The van der Waals surface area contributed by atoms with Crippen molar-refractivity contribution in [3.05, 3.63) is 12.2 Å². The van der Waals surface area contributed by atoms with Crippen LogP contribution in [0.1, 0.15) is 81.1 Å². The summed E-state index contributed by atoms with van der Waals surface area (Å²) in [7, 11) is 0. The molecule has 1 aliphatic rings. The number of rotatable bonds is 17. The van der Waals surface area contributed by atoms with Crippen molar-refractivity contribution in [2.75, 3.05) is 19.8 Å². The maximum Gasteiger partial charge on any atom is 0.330 e. The zero-order valence-electron chi connectivity index (χ0n) is 26.5. The maximum atomic E-state index is 13.5. The first kappa shape index (κ1) is 37.0. The molecule has 240 valence electrons. The Bertz CT molecular complexity index is 945. The predicted molar refractivity (Wildman–Crippen MR) is 160 cm³/mol. The average molecular weight is 596 g/mol. The van der Waals surface area contributed by atoms with Crippen LogP contribution >= 0.6 is 0 Å². The molecule has 0 bridgehead atoms.